The summed E-state index contributed by atoms with van der Waals surface area (Å²) in [5.41, 5.74) is 3.06. The van der Waals surface area contributed by atoms with Crippen LogP contribution in [0.5, 0.6) is 0 Å². The first-order valence-electron chi connectivity index (χ1n) is 10.6. The van der Waals surface area contributed by atoms with Crippen molar-refractivity contribution in [3.05, 3.63) is 53.9 Å². The van der Waals surface area contributed by atoms with Crippen molar-refractivity contribution >= 4 is 28.5 Å². The van der Waals surface area contributed by atoms with E-state index >= 15 is 0 Å². The second-order valence-electron chi connectivity index (χ2n) is 8.51. The van der Waals surface area contributed by atoms with Gasteiger partial charge in [0.05, 0.1) is 23.3 Å². The molecule has 0 spiro atoms. The van der Waals surface area contributed by atoms with Crippen LogP contribution < -0.4 is 10.6 Å². The second kappa shape index (κ2) is 7.23. The predicted octanol–water partition coefficient (Wildman–Crippen LogP) is 2.23. The lowest BCUT2D eigenvalue weighted by molar-refractivity contribution is -0.141. The topological polar surface area (TPSA) is 119 Å². The number of carbonyl (C=O) groups excluding carboxylic acids is 2. The van der Waals surface area contributed by atoms with Gasteiger partial charge >= 0.3 is 12.2 Å². The van der Waals surface area contributed by atoms with Crippen LogP contribution in [0.3, 0.4) is 0 Å². The molecule has 0 bridgehead atoms. The van der Waals surface area contributed by atoms with Crippen molar-refractivity contribution in [1.29, 1.82) is 0 Å². The number of carbonyl (C=O) groups is 2. The maximum Gasteiger partial charge on any atom is 0.408 e. The van der Waals surface area contributed by atoms with Gasteiger partial charge < -0.3 is 5.32 Å². The Morgan fingerprint density at radius 2 is 1.94 bits per heavy atom. The molecule has 0 aromatic carbocycles. The number of hydrogen-bond donors (Lipinski definition) is 2. The summed E-state index contributed by atoms with van der Waals surface area (Å²) in [4.78, 5) is 32.6. The van der Waals surface area contributed by atoms with Crippen LogP contribution in [0.15, 0.2) is 36.9 Å². The number of hydrogen-bond acceptors (Lipinski definition) is 6. The molecular formula is C21H17F3N8O2. The van der Waals surface area contributed by atoms with Crippen LogP contribution in [0.1, 0.15) is 41.1 Å². The van der Waals surface area contributed by atoms with Crippen molar-refractivity contribution < 1.29 is 22.8 Å². The van der Waals surface area contributed by atoms with Crippen molar-refractivity contribution in [2.45, 2.75) is 36.9 Å². The number of imide groups is 1. The highest BCUT2D eigenvalue weighted by Gasteiger charge is 2.43. The van der Waals surface area contributed by atoms with E-state index in [1.54, 1.807) is 23.0 Å². The van der Waals surface area contributed by atoms with Crippen LogP contribution in [0.4, 0.5) is 18.0 Å². The summed E-state index contributed by atoms with van der Waals surface area (Å²) in [7, 11) is 0. The number of imidazole rings is 1. The Labute approximate surface area is 189 Å². The van der Waals surface area contributed by atoms with Gasteiger partial charge in [-0.25, -0.2) is 14.3 Å². The number of rotatable bonds is 4. The minimum atomic E-state index is -4.38. The van der Waals surface area contributed by atoms with E-state index in [9.17, 15) is 22.8 Å². The van der Waals surface area contributed by atoms with E-state index < -0.39 is 30.6 Å². The molecule has 1 saturated carbocycles. The lowest BCUT2D eigenvalue weighted by Gasteiger charge is -2.22. The van der Waals surface area contributed by atoms with Gasteiger partial charge in [0.15, 0.2) is 5.65 Å². The first-order valence-corrected chi connectivity index (χ1v) is 10.6. The third kappa shape index (κ3) is 3.53. The van der Waals surface area contributed by atoms with Gasteiger partial charge in [-0.1, -0.05) is 0 Å². The van der Waals surface area contributed by atoms with E-state index in [4.69, 9.17) is 0 Å². The number of urea groups is 1. The largest absolute Gasteiger partial charge is 0.408 e. The molecule has 2 fully saturated rings. The number of fused-ring (bicyclic) bond motifs is 2. The summed E-state index contributed by atoms with van der Waals surface area (Å²) in [6.45, 7) is -1.04. The summed E-state index contributed by atoms with van der Waals surface area (Å²) < 4.78 is 41.3. The summed E-state index contributed by atoms with van der Waals surface area (Å²) in [5, 5.41) is 13.7. The van der Waals surface area contributed by atoms with E-state index in [0.717, 1.165) is 16.7 Å². The summed E-state index contributed by atoms with van der Waals surface area (Å²) in [5.74, 6) is -1.09. The zero-order valence-corrected chi connectivity index (χ0v) is 17.5. The Hall–Kier alpha value is -4.03. The van der Waals surface area contributed by atoms with E-state index in [2.05, 4.69) is 30.8 Å². The molecule has 1 aliphatic heterocycles. The third-order valence-corrected chi connectivity index (χ3v) is 6.23. The smallest absolute Gasteiger partial charge is 0.337 e. The van der Waals surface area contributed by atoms with Crippen LogP contribution in [0.25, 0.3) is 16.6 Å². The average molecular weight is 470 g/mol. The molecule has 6 rings (SSSR count). The number of alkyl halides is 3. The minimum absolute atomic E-state index is 0.0110. The van der Waals surface area contributed by atoms with Gasteiger partial charge in [0.25, 0.3) is 0 Å². The van der Waals surface area contributed by atoms with Crippen LogP contribution in [0, 0.1) is 0 Å². The van der Waals surface area contributed by atoms with E-state index in [-0.39, 0.29) is 18.4 Å². The molecule has 174 valence electrons. The Bertz CT molecular complexity index is 1460. The molecule has 2 aliphatic rings. The number of aromatic nitrogens is 6. The van der Waals surface area contributed by atoms with Crippen molar-refractivity contribution in [3.63, 3.8) is 0 Å². The number of nitrogens with one attached hydrogen (secondary N) is 2. The van der Waals surface area contributed by atoms with Crippen molar-refractivity contribution in [3.8, 4) is 0 Å². The number of halogens is 3. The van der Waals surface area contributed by atoms with Gasteiger partial charge in [-0.05, 0) is 24.5 Å². The van der Waals surface area contributed by atoms with Crippen molar-refractivity contribution in [2.24, 2.45) is 0 Å². The molecule has 3 amide bonds. The monoisotopic (exact) mass is 470 g/mol. The molecule has 0 radical (unpaired) electrons. The summed E-state index contributed by atoms with van der Waals surface area (Å²) >= 11 is 0. The van der Waals surface area contributed by atoms with E-state index in [1.165, 1.54) is 12.4 Å². The van der Waals surface area contributed by atoms with Gasteiger partial charge in [0.2, 0.25) is 5.91 Å². The van der Waals surface area contributed by atoms with Crippen LogP contribution in [-0.2, 0) is 11.3 Å². The molecule has 34 heavy (non-hydrogen) atoms. The van der Waals surface area contributed by atoms with Crippen LogP contribution in [0.2, 0.25) is 0 Å². The van der Waals surface area contributed by atoms with Gasteiger partial charge in [-0.2, -0.15) is 23.4 Å². The van der Waals surface area contributed by atoms with Crippen molar-refractivity contribution in [2.75, 3.05) is 6.54 Å². The molecule has 1 unspecified atom stereocenters. The number of nitrogens with zero attached hydrogens (tertiary/aromatic N) is 6. The maximum atomic E-state index is 12.9. The summed E-state index contributed by atoms with van der Waals surface area (Å²) in [6, 6.07) is 2.94. The van der Waals surface area contributed by atoms with Crippen LogP contribution >= 0.6 is 0 Å². The quantitative estimate of drug-likeness (QED) is 0.472. The van der Waals surface area contributed by atoms with E-state index in [1.807, 2.05) is 6.07 Å². The molecule has 1 aliphatic carbocycles. The maximum absolute atomic E-state index is 12.9. The summed E-state index contributed by atoms with van der Waals surface area (Å²) in [6.07, 6.45) is 2.55. The lowest BCUT2D eigenvalue weighted by Crippen LogP contribution is -2.51. The predicted molar refractivity (Wildman–Crippen MR) is 111 cm³/mol. The Kier molecular flexibility index (Phi) is 4.38. The Balaban J connectivity index is 1.34. The first-order chi connectivity index (χ1) is 16.3. The normalized spacial score (nSPS) is 22.7. The SMILES string of the molecule is O=C1NCC(c2cc([C@H]3C[C@@H]3c3cc4c(cn3)cnn4CC(F)(F)F)c3nccn3n2)C(=O)N1. The lowest BCUT2D eigenvalue weighted by atomic mass is 9.99. The van der Waals surface area contributed by atoms with Gasteiger partial charge in [0.1, 0.15) is 6.54 Å². The highest BCUT2D eigenvalue weighted by molar-refractivity contribution is 6.00. The molecule has 4 aromatic rings. The molecule has 5 heterocycles. The molecule has 10 nitrogen and oxygen atoms in total. The van der Waals surface area contributed by atoms with Crippen LogP contribution in [-0.4, -0.2) is 54.0 Å². The molecule has 2 N–H and O–H groups in total. The third-order valence-electron chi connectivity index (χ3n) is 6.23. The van der Waals surface area contributed by atoms with Gasteiger partial charge in [-0.15, -0.1) is 0 Å². The molecule has 4 aromatic heterocycles. The highest BCUT2D eigenvalue weighted by atomic mass is 19.4. The second-order valence-corrected chi connectivity index (χ2v) is 8.51. The molecular weight excluding hydrogens is 453 g/mol. The standard InChI is InChI=1S/C21H17F3N8O2/c22-21(23,24)9-32-17-5-15(26-6-10(17)7-28-32)12-3-11(12)13-4-16(30-31-2-1-25-18(13)31)14-8-27-20(34)29-19(14)33/h1-2,4-7,11-12,14H,3,8-9H2,(H2,27,29,33,34)/t11-,12-,14?/m0/s1. The zero-order chi connectivity index (χ0) is 23.6. The zero-order valence-electron chi connectivity index (χ0n) is 17.5. The van der Waals surface area contributed by atoms with Gasteiger partial charge in [0, 0.05) is 47.7 Å². The molecule has 13 heteroatoms. The van der Waals surface area contributed by atoms with Crippen molar-refractivity contribution in [1.82, 2.24) is 40.0 Å². The van der Waals surface area contributed by atoms with Gasteiger partial charge in [-0.3, -0.25) is 19.8 Å². The molecule has 3 atom stereocenters. The molecule has 1 saturated heterocycles. The Morgan fingerprint density at radius 1 is 1.09 bits per heavy atom. The first kappa shape index (κ1) is 20.6. The van der Waals surface area contributed by atoms with E-state index in [0.29, 0.717) is 27.9 Å². The fourth-order valence-corrected chi connectivity index (χ4v) is 4.53. The fourth-order valence-electron chi connectivity index (χ4n) is 4.53. The average Bonchev–Trinajstić information content (AvgIpc) is 3.26. The fraction of sp³-hybridized carbons (Fsp3) is 0.333. The minimum Gasteiger partial charge on any atom is -0.337 e. The highest BCUT2D eigenvalue weighted by Crippen LogP contribution is 2.55. The number of pyridine rings is 1. The number of amides is 3. The Morgan fingerprint density at radius 3 is 2.74 bits per heavy atom.